The number of nitrogens with one attached hydrogen (secondary N) is 1. The van der Waals surface area contributed by atoms with Crippen molar-refractivity contribution in [3.8, 4) is 0 Å². The molecule has 1 aromatic rings. The van der Waals surface area contributed by atoms with E-state index in [2.05, 4.69) is 15.5 Å². The fraction of sp³-hybridized carbons (Fsp3) is 0.600. The van der Waals surface area contributed by atoms with Crippen LogP contribution in [0.3, 0.4) is 0 Å². The maximum absolute atomic E-state index is 9.36. The van der Waals surface area contributed by atoms with Gasteiger partial charge in [-0.25, -0.2) is 0 Å². The second-order valence-electron chi connectivity index (χ2n) is 3.51. The second kappa shape index (κ2) is 5.28. The first-order valence-corrected chi connectivity index (χ1v) is 5.42. The Labute approximate surface area is 94.7 Å². The lowest BCUT2D eigenvalue weighted by atomic mass is 9.94. The molecular formula is C10H16ClN3O. The smallest absolute Gasteiger partial charge is 0.151 e. The molecule has 0 aliphatic carbocycles. The van der Waals surface area contributed by atoms with Crippen LogP contribution < -0.4 is 5.32 Å². The predicted octanol–water partition coefficient (Wildman–Crippen LogP) is 2.09. The van der Waals surface area contributed by atoms with Gasteiger partial charge in [-0.1, -0.05) is 25.4 Å². The summed E-state index contributed by atoms with van der Waals surface area (Å²) >= 11 is 5.63. The molecule has 84 valence electrons. The molecule has 5 heteroatoms. The highest BCUT2D eigenvalue weighted by Crippen LogP contribution is 2.20. The van der Waals surface area contributed by atoms with E-state index in [1.165, 1.54) is 0 Å². The minimum atomic E-state index is -0.317. The summed E-state index contributed by atoms with van der Waals surface area (Å²) in [6.45, 7) is 4.12. The summed E-state index contributed by atoms with van der Waals surface area (Å²) in [5.74, 6) is 0.636. The maximum atomic E-state index is 9.36. The molecule has 1 rings (SSSR count). The molecule has 0 amide bonds. The highest BCUT2D eigenvalue weighted by atomic mass is 35.5. The third-order valence-electron chi connectivity index (χ3n) is 2.68. The molecule has 0 aliphatic heterocycles. The van der Waals surface area contributed by atoms with Crippen LogP contribution in [0.2, 0.25) is 5.15 Å². The van der Waals surface area contributed by atoms with Crippen molar-refractivity contribution in [2.45, 2.75) is 32.2 Å². The van der Waals surface area contributed by atoms with Gasteiger partial charge in [0.2, 0.25) is 0 Å². The van der Waals surface area contributed by atoms with Crippen molar-refractivity contribution in [2.24, 2.45) is 0 Å². The molecule has 0 saturated heterocycles. The fourth-order valence-electron chi connectivity index (χ4n) is 1.34. The average Bonchev–Trinajstić information content (AvgIpc) is 2.29. The topological polar surface area (TPSA) is 58.0 Å². The molecule has 1 heterocycles. The Morgan fingerprint density at radius 1 is 1.33 bits per heavy atom. The van der Waals surface area contributed by atoms with Crippen LogP contribution in [0.25, 0.3) is 0 Å². The Kier molecular flexibility index (Phi) is 4.29. The summed E-state index contributed by atoms with van der Waals surface area (Å²) < 4.78 is 0. The summed E-state index contributed by atoms with van der Waals surface area (Å²) in [6.07, 6.45) is 1.65. The SMILES string of the molecule is CCC(CC)(CO)Nc1ccc(Cl)nn1. The monoisotopic (exact) mass is 229 g/mol. The first kappa shape index (κ1) is 12.2. The Balaban J connectivity index is 2.78. The van der Waals surface area contributed by atoms with Crippen molar-refractivity contribution in [3.05, 3.63) is 17.3 Å². The summed E-state index contributed by atoms with van der Waals surface area (Å²) in [6, 6.07) is 3.43. The van der Waals surface area contributed by atoms with E-state index in [0.29, 0.717) is 11.0 Å². The standard InChI is InChI=1S/C10H16ClN3O/c1-3-10(4-2,7-15)12-9-6-5-8(11)13-14-9/h5-6,15H,3-4,7H2,1-2H3,(H,12,14). The van der Waals surface area contributed by atoms with E-state index in [1.807, 2.05) is 13.8 Å². The number of aromatic nitrogens is 2. The maximum Gasteiger partial charge on any atom is 0.151 e. The van der Waals surface area contributed by atoms with E-state index in [4.69, 9.17) is 11.6 Å². The van der Waals surface area contributed by atoms with E-state index in [1.54, 1.807) is 12.1 Å². The molecule has 0 fully saturated rings. The van der Waals surface area contributed by atoms with Crippen LogP contribution in [0, 0.1) is 0 Å². The van der Waals surface area contributed by atoms with Crippen LogP contribution in [0.5, 0.6) is 0 Å². The van der Waals surface area contributed by atoms with Crippen LogP contribution in [-0.4, -0.2) is 27.4 Å². The van der Waals surface area contributed by atoms with Gasteiger partial charge in [0.1, 0.15) is 5.82 Å². The van der Waals surface area contributed by atoms with Gasteiger partial charge in [-0.15, -0.1) is 10.2 Å². The molecule has 0 saturated carbocycles. The molecule has 0 aliphatic rings. The normalized spacial score (nSPS) is 11.5. The molecule has 0 bridgehead atoms. The van der Waals surface area contributed by atoms with E-state index in [0.717, 1.165) is 12.8 Å². The van der Waals surface area contributed by atoms with Gasteiger partial charge in [0, 0.05) is 0 Å². The van der Waals surface area contributed by atoms with Gasteiger partial charge in [0.15, 0.2) is 5.15 Å². The Morgan fingerprint density at radius 3 is 2.40 bits per heavy atom. The molecule has 4 nitrogen and oxygen atoms in total. The highest BCUT2D eigenvalue weighted by Gasteiger charge is 2.25. The van der Waals surface area contributed by atoms with Gasteiger partial charge in [-0.05, 0) is 25.0 Å². The molecular weight excluding hydrogens is 214 g/mol. The molecule has 0 atom stereocenters. The van der Waals surface area contributed by atoms with Gasteiger partial charge in [-0.2, -0.15) is 0 Å². The van der Waals surface area contributed by atoms with Crippen LogP contribution in [-0.2, 0) is 0 Å². The zero-order valence-corrected chi connectivity index (χ0v) is 9.75. The molecule has 0 spiro atoms. The van der Waals surface area contributed by atoms with Crippen molar-refractivity contribution in [1.82, 2.24) is 10.2 Å². The van der Waals surface area contributed by atoms with Crippen molar-refractivity contribution in [1.29, 1.82) is 0 Å². The number of aliphatic hydroxyl groups excluding tert-OH is 1. The molecule has 0 aromatic carbocycles. The first-order chi connectivity index (χ1) is 7.15. The van der Waals surface area contributed by atoms with E-state index in [-0.39, 0.29) is 12.1 Å². The van der Waals surface area contributed by atoms with E-state index in [9.17, 15) is 5.11 Å². The number of rotatable bonds is 5. The van der Waals surface area contributed by atoms with Crippen LogP contribution in [0.15, 0.2) is 12.1 Å². The summed E-state index contributed by atoms with van der Waals surface area (Å²) in [5, 5.41) is 20.5. The quantitative estimate of drug-likeness (QED) is 0.812. The number of hydrogen-bond acceptors (Lipinski definition) is 4. The van der Waals surface area contributed by atoms with Gasteiger partial charge in [0.25, 0.3) is 0 Å². The average molecular weight is 230 g/mol. The summed E-state index contributed by atoms with van der Waals surface area (Å²) in [4.78, 5) is 0. The third-order valence-corrected chi connectivity index (χ3v) is 2.88. The number of anilines is 1. The summed E-state index contributed by atoms with van der Waals surface area (Å²) in [5.41, 5.74) is -0.317. The van der Waals surface area contributed by atoms with Crippen LogP contribution >= 0.6 is 11.6 Å². The van der Waals surface area contributed by atoms with Gasteiger partial charge in [-0.3, -0.25) is 0 Å². The van der Waals surface area contributed by atoms with E-state index < -0.39 is 0 Å². The molecule has 1 aromatic heterocycles. The molecule has 0 unspecified atom stereocenters. The lowest BCUT2D eigenvalue weighted by molar-refractivity contribution is 0.202. The zero-order valence-electron chi connectivity index (χ0n) is 9.00. The van der Waals surface area contributed by atoms with Gasteiger partial charge < -0.3 is 10.4 Å². The van der Waals surface area contributed by atoms with Crippen molar-refractivity contribution in [3.63, 3.8) is 0 Å². The molecule has 0 radical (unpaired) electrons. The second-order valence-corrected chi connectivity index (χ2v) is 3.90. The fourth-order valence-corrected chi connectivity index (χ4v) is 1.45. The lowest BCUT2D eigenvalue weighted by Crippen LogP contribution is -2.41. The predicted molar refractivity (Wildman–Crippen MR) is 61.1 cm³/mol. The van der Waals surface area contributed by atoms with Crippen molar-refractivity contribution in [2.75, 3.05) is 11.9 Å². The van der Waals surface area contributed by atoms with Crippen molar-refractivity contribution >= 4 is 17.4 Å². The van der Waals surface area contributed by atoms with Gasteiger partial charge in [0.05, 0.1) is 12.1 Å². The Hall–Kier alpha value is -0.870. The number of aliphatic hydroxyl groups is 1. The third kappa shape index (κ3) is 3.04. The summed E-state index contributed by atoms with van der Waals surface area (Å²) in [7, 11) is 0. The van der Waals surface area contributed by atoms with E-state index >= 15 is 0 Å². The number of hydrogen-bond donors (Lipinski definition) is 2. The zero-order chi connectivity index (χ0) is 11.3. The first-order valence-electron chi connectivity index (χ1n) is 5.04. The number of nitrogens with zero attached hydrogens (tertiary/aromatic N) is 2. The van der Waals surface area contributed by atoms with Gasteiger partial charge >= 0.3 is 0 Å². The molecule has 2 N–H and O–H groups in total. The largest absolute Gasteiger partial charge is 0.394 e. The lowest BCUT2D eigenvalue weighted by Gasteiger charge is -2.30. The Bertz CT molecular complexity index is 290. The number of halogens is 1. The van der Waals surface area contributed by atoms with Crippen LogP contribution in [0.1, 0.15) is 26.7 Å². The highest BCUT2D eigenvalue weighted by molar-refractivity contribution is 6.29. The van der Waals surface area contributed by atoms with Crippen LogP contribution in [0.4, 0.5) is 5.82 Å². The Morgan fingerprint density at radius 2 is 2.00 bits per heavy atom. The minimum Gasteiger partial charge on any atom is -0.394 e. The minimum absolute atomic E-state index is 0.0737. The molecule has 15 heavy (non-hydrogen) atoms. The van der Waals surface area contributed by atoms with Crippen molar-refractivity contribution < 1.29 is 5.11 Å².